The molecule has 0 fully saturated rings. The van der Waals surface area contributed by atoms with Crippen LogP contribution in [0.2, 0.25) is 0 Å². The minimum Gasteiger partial charge on any atom is -0.497 e. The topological polar surface area (TPSA) is 93.6 Å². The lowest BCUT2D eigenvalue weighted by Crippen LogP contribution is -2.29. The molecule has 0 bridgehead atoms. The zero-order valence-corrected chi connectivity index (χ0v) is 20.5. The molecule has 0 saturated carbocycles. The van der Waals surface area contributed by atoms with Crippen molar-refractivity contribution in [3.8, 4) is 11.5 Å². The number of hydrogen-bond donors (Lipinski definition) is 2. The Morgan fingerprint density at radius 1 is 1.20 bits per heavy atom. The van der Waals surface area contributed by atoms with Crippen molar-refractivity contribution < 1.29 is 18.7 Å². The second-order valence-corrected chi connectivity index (χ2v) is 8.88. The van der Waals surface area contributed by atoms with Gasteiger partial charge in [0.1, 0.15) is 23.7 Å². The van der Waals surface area contributed by atoms with E-state index in [-0.39, 0.29) is 12.3 Å². The molecule has 182 valence electrons. The van der Waals surface area contributed by atoms with Gasteiger partial charge in [0.25, 0.3) is 0 Å². The zero-order chi connectivity index (χ0) is 25.1. The van der Waals surface area contributed by atoms with Crippen LogP contribution in [0, 0.1) is 13.8 Å². The third-order valence-corrected chi connectivity index (χ3v) is 5.99. The predicted octanol–water partition coefficient (Wildman–Crippen LogP) is 4.76. The number of ether oxygens (including phenoxy) is 2. The molecule has 4 rings (SSSR count). The van der Waals surface area contributed by atoms with E-state index in [0.717, 1.165) is 33.4 Å². The number of methoxy groups -OCH3 is 1. The smallest absolute Gasteiger partial charge is 0.340 e. The van der Waals surface area contributed by atoms with Crippen molar-refractivity contribution in [2.75, 3.05) is 20.3 Å². The van der Waals surface area contributed by atoms with E-state index < -0.39 is 5.63 Å². The SMILES string of the molecule is C=C(C)COc1cc(C)cc2oc(=O)c(CC(=O)NCCc3c[nH]c4ccc(OC)cc34)c(C)c12. The molecule has 0 unspecified atom stereocenters. The maximum Gasteiger partial charge on any atom is 0.340 e. The third-order valence-electron chi connectivity index (χ3n) is 5.99. The summed E-state index contributed by atoms with van der Waals surface area (Å²) in [7, 11) is 1.63. The van der Waals surface area contributed by atoms with Crippen LogP contribution in [-0.2, 0) is 17.6 Å². The van der Waals surface area contributed by atoms with E-state index in [1.807, 2.05) is 51.2 Å². The Morgan fingerprint density at radius 2 is 2.00 bits per heavy atom. The van der Waals surface area contributed by atoms with Gasteiger partial charge in [-0.05, 0) is 79.8 Å². The van der Waals surface area contributed by atoms with Crippen molar-refractivity contribution in [1.29, 1.82) is 0 Å². The highest BCUT2D eigenvalue weighted by atomic mass is 16.5. The number of carbonyl (C=O) groups is 1. The summed E-state index contributed by atoms with van der Waals surface area (Å²) in [4.78, 5) is 28.7. The largest absolute Gasteiger partial charge is 0.497 e. The van der Waals surface area contributed by atoms with Gasteiger partial charge in [0.05, 0.1) is 24.5 Å². The summed E-state index contributed by atoms with van der Waals surface area (Å²) in [5, 5.41) is 4.68. The van der Waals surface area contributed by atoms with Gasteiger partial charge in [-0.1, -0.05) is 6.58 Å². The fourth-order valence-electron chi connectivity index (χ4n) is 4.21. The van der Waals surface area contributed by atoms with Crippen LogP contribution in [0.5, 0.6) is 11.5 Å². The lowest BCUT2D eigenvalue weighted by Gasteiger charge is -2.14. The lowest BCUT2D eigenvalue weighted by atomic mass is 10.0. The van der Waals surface area contributed by atoms with Gasteiger partial charge >= 0.3 is 5.63 Å². The van der Waals surface area contributed by atoms with Gasteiger partial charge in [0, 0.05) is 23.6 Å². The van der Waals surface area contributed by atoms with Gasteiger partial charge < -0.3 is 24.2 Å². The van der Waals surface area contributed by atoms with E-state index in [9.17, 15) is 9.59 Å². The highest BCUT2D eigenvalue weighted by Gasteiger charge is 2.18. The highest BCUT2D eigenvalue weighted by molar-refractivity contribution is 5.90. The van der Waals surface area contributed by atoms with Crippen LogP contribution in [0.15, 0.2) is 57.9 Å². The normalized spacial score (nSPS) is 11.1. The average molecular weight is 475 g/mol. The van der Waals surface area contributed by atoms with Crippen molar-refractivity contribution in [3.63, 3.8) is 0 Å². The minimum atomic E-state index is -0.509. The van der Waals surface area contributed by atoms with E-state index in [1.54, 1.807) is 13.2 Å². The number of hydrogen-bond acceptors (Lipinski definition) is 5. The Bertz CT molecular complexity index is 1480. The molecule has 0 atom stereocenters. The summed E-state index contributed by atoms with van der Waals surface area (Å²) < 4.78 is 16.8. The number of H-pyrrole nitrogens is 1. The minimum absolute atomic E-state index is 0.0698. The van der Waals surface area contributed by atoms with E-state index in [0.29, 0.717) is 47.4 Å². The molecule has 0 aliphatic carbocycles. The molecule has 2 heterocycles. The first-order chi connectivity index (χ1) is 16.8. The Kier molecular flexibility index (Phi) is 6.96. The number of rotatable bonds is 9. The number of carbonyl (C=O) groups excluding carboxylic acids is 1. The molecular weight excluding hydrogens is 444 g/mol. The van der Waals surface area contributed by atoms with Crippen molar-refractivity contribution in [2.45, 2.75) is 33.6 Å². The fourth-order valence-corrected chi connectivity index (χ4v) is 4.21. The molecule has 0 radical (unpaired) electrons. The summed E-state index contributed by atoms with van der Waals surface area (Å²) in [6.45, 7) is 10.3. The van der Waals surface area contributed by atoms with E-state index in [4.69, 9.17) is 13.9 Å². The molecule has 1 amide bonds. The third kappa shape index (κ3) is 5.24. The first-order valence-corrected chi connectivity index (χ1v) is 11.5. The molecule has 7 nitrogen and oxygen atoms in total. The average Bonchev–Trinajstić information content (AvgIpc) is 3.21. The molecule has 2 aromatic heterocycles. The maximum atomic E-state index is 12.7. The standard InChI is InChI=1S/C28H30N2O5/c1-16(2)15-34-24-10-17(3)11-25-27(24)18(4)21(28(32)35-25)13-26(31)29-9-8-19-14-30-23-7-6-20(33-5)12-22(19)23/h6-7,10-12,14,30H,1,8-9,13,15H2,2-5H3,(H,29,31). The Morgan fingerprint density at radius 3 is 2.74 bits per heavy atom. The molecule has 35 heavy (non-hydrogen) atoms. The molecule has 0 aliphatic rings. The molecule has 2 N–H and O–H groups in total. The zero-order valence-electron chi connectivity index (χ0n) is 20.5. The molecule has 0 aliphatic heterocycles. The molecule has 0 saturated heterocycles. The van der Waals surface area contributed by atoms with E-state index >= 15 is 0 Å². The number of nitrogens with one attached hydrogen (secondary N) is 2. The number of amides is 1. The quantitative estimate of drug-likeness (QED) is 0.270. The first-order valence-electron chi connectivity index (χ1n) is 11.5. The van der Waals surface area contributed by atoms with Crippen LogP contribution in [0.1, 0.15) is 29.2 Å². The summed E-state index contributed by atoms with van der Waals surface area (Å²) in [5.41, 5.74) is 4.84. The highest BCUT2D eigenvalue weighted by Crippen LogP contribution is 2.31. The predicted molar refractivity (Wildman–Crippen MR) is 138 cm³/mol. The van der Waals surface area contributed by atoms with E-state index in [1.165, 1.54) is 0 Å². The van der Waals surface area contributed by atoms with Crippen LogP contribution in [0.25, 0.3) is 21.9 Å². The summed E-state index contributed by atoms with van der Waals surface area (Å²) in [6.07, 6.45) is 2.51. The van der Waals surface area contributed by atoms with Crippen molar-refractivity contribution >= 4 is 27.8 Å². The molecule has 0 spiro atoms. The van der Waals surface area contributed by atoms with Crippen molar-refractivity contribution in [1.82, 2.24) is 10.3 Å². The molecule has 7 heteroatoms. The fraction of sp³-hybridized carbons (Fsp3) is 0.286. The molecular formula is C28H30N2O5. The van der Waals surface area contributed by atoms with Crippen LogP contribution < -0.4 is 20.4 Å². The van der Waals surface area contributed by atoms with Crippen molar-refractivity contribution in [3.05, 3.63) is 81.4 Å². The Balaban J connectivity index is 1.50. The van der Waals surface area contributed by atoms with Crippen molar-refractivity contribution in [2.24, 2.45) is 0 Å². The summed E-state index contributed by atoms with van der Waals surface area (Å²) in [5.74, 6) is 1.15. The van der Waals surface area contributed by atoms with Gasteiger partial charge in [-0.3, -0.25) is 4.79 Å². The first kappa shape index (κ1) is 24.1. The van der Waals surface area contributed by atoms with Gasteiger partial charge in [0.15, 0.2) is 0 Å². The van der Waals surface area contributed by atoms with Crippen LogP contribution >= 0.6 is 0 Å². The maximum absolute atomic E-state index is 12.7. The number of benzene rings is 2. The Hall–Kier alpha value is -4.00. The summed E-state index contributed by atoms with van der Waals surface area (Å²) in [6, 6.07) is 9.55. The Labute approximate surface area is 203 Å². The monoisotopic (exact) mass is 474 g/mol. The number of aryl methyl sites for hydroxylation is 2. The van der Waals surface area contributed by atoms with Crippen LogP contribution in [-0.4, -0.2) is 31.2 Å². The van der Waals surface area contributed by atoms with Crippen LogP contribution in [0.3, 0.4) is 0 Å². The number of aromatic nitrogens is 1. The van der Waals surface area contributed by atoms with Gasteiger partial charge in [-0.25, -0.2) is 4.79 Å². The molecule has 4 aromatic rings. The van der Waals surface area contributed by atoms with Gasteiger partial charge in [0.2, 0.25) is 5.91 Å². The lowest BCUT2D eigenvalue weighted by molar-refractivity contribution is -0.120. The second kappa shape index (κ2) is 10.1. The second-order valence-electron chi connectivity index (χ2n) is 8.88. The number of fused-ring (bicyclic) bond motifs is 2. The summed E-state index contributed by atoms with van der Waals surface area (Å²) >= 11 is 0. The van der Waals surface area contributed by atoms with Gasteiger partial charge in [-0.15, -0.1) is 0 Å². The number of aromatic amines is 1. The van der Waals surface area contributed by atoms with Crippen LogP contribution in [0.4, 0.5) is 0 Å². The molecule has 2 aromatic carbocycles. The van der Waals surface area contributed by atoms with Gasteiger partial charge in [-0.2, -0.15) is 0 Å². The van der Waals surface area contributed by atoms with E-state index in [2.05, 4.69) is 16.9 Å².